The van der Waals surface area contributed by atoms with Crippen LogP contribution in [0.5, 0.6) is 0 Å². The first-order valence-corrected chi connectivity index (χ1v) is 9.18. The van der Waals surface area contributed by atoms with Gasteiger partial charge in [-0.2, -0.15) is 0 Å². The minimum atomic E-state index is 0.828. The minimum absolute atomic E-state index is 0.828. The van der Waals surface area contributed by atoms with Crippen LogP contribution in [-0.2, 0) is 6.42 Å². The summed E-state index contributed by atoms with van der Waals surface area (Å²) >= 11 is 1.61. The molecule has 0 radical (unpaired) electrons. The van der Waals surface area contributed by atoms with Crippen molar-refractivity contribution in [1.82, 2.24) is 0 Å². The Bertz CT molecular complexity index is 932. The Morgan fingerprint density at radius 3 is 2.68 bits per heavy atom. The second-order valence-corrected chi connectivity index (χ2v) is 7.43. The predicted molar refractivity (Wildman–Crippen MR) is 111 cm³/mol. The summed E-state index contributed by atoms with van der Waals surface area (Å²) < 4.78 is 5.86. The number of fused-ring (bicyclic) bond motifs is 1. The van der Waals surface area contributed by atoms with Gasteiger partial charge in [0.25, 0.3) is 0 Å². The third kappa shape index (κ3) is 3.99. The molecule has 128 valence electrons. The number of benzene rings is 2. The maximum atomic E-state index is 5.97. The number of rotatable bonds is 5. The number of nitrogens with two attached hydrogens (primary N) is 1. The standard InChI is InChI=1S/C22H23NOS/c1-14(9-19-10-16(3)20(23)11-15(19)2)13-25-17(4)22-12-18-7-5-6-8-21(18)24-22/h5-8,10-13H,4,9,23H2,1-3H3/b14-13+. The molecule has 0 spiro atoms. The van der Waals surface area contributed by atoms with Crippen LogP contribution in [0.15, 0.2) is 64.4 Å². The first-order valence-electron chi connectivity index (χ1n) is 8.30. The molecule has 3 rings (SSSR count). The van der Waals surface area contributed by atoms with E-state index in [-0.39, 0.29) is 0 Å². The van der Waals surface area contributed by atoms with Gasteiger partial charge in [0.05, 0.1) is 0 Å². The van der Waals surface area contributed by atoms with Gasteiger partial charge in [-0.1, -0.05) is 48.2 Å². The zero-order valence-corrected chi connectivity index (χ0v) is 15.7. The molecule has 0 atom stereocenters. The maximum Gasteiger partial charge on any atom is 0.141 e. The van der Waals surface area contributed by atoms with Crippen molar-refractivity contribution in [3.05, 3.63) is 82.5 Å². The summed E-state index contributed by atoms with van der Waals surface area (Å²) in [5, 5.41) is 3.26. The third-order valence-corrected chi connectivity index (χ3v) is 5.30. The number of hydrogen-bond acceptors (Lipinski definition) is 3. The van der Waals surface area contributed by atoms with Crippen LogP contribution in [0.3, 0.4) is 0 Å². The highest BCUT2D eigenvalue weighted by Crippen LogP contribution is 2.32. The molecule has 2 N–H and O–H groups in total. The van der Waals surface area contributed by atoms with E-state index in [4.69, 9.17) is 10.2 Å². The summed E-state index contributed by atoms with van der Waals surface area (Å²) in [4.78, 5) is 0.917. The predicted octanol–water partition coefficient (Wildman–Crippen LogP) is 6.48. The average Bonchev–Trinajstić information content (AvgIpc) is 3.02. The average molecular weight is 349 g/mol. The van der Waals surface area contributed by atoms with Crippen LogP contribution in [0.2, 0.25) is 0 Å². The lowest BCUT2D eigenvalue weighted by Gasteiger charge is -2.10. The largest absolute Gasteiger partial charge is 0.456 e. The number of nitrogen functional groups attached to an aromatic ring is 1. The Hall–Kier alpha value is -2.39. The molecule has 2 aromatic carbocycles. The molecule has 0 saturated carbocycles. The molecule has 0 aliphatic heterocycles. The summed E-state index contributed by atoms with van der Waals surface area (Å²) in [6.45, 7) is 10.5. The van der Waals surface area contributed by atoms with Gasteiger partial charge in [-0.3, -0.25) is 0 Å². The molecule has 3 aromatic rings. The Morgan fingerprint density at radius 2 is 1.92 bits per heavy atom. The molecule has 2 nitrogen and oxygen atoms in total. The van der Waals surface area contributed by atoms with Gasteiger partial charge in [0.15, 0.2) is 0 Å². The van der Waals surface area contributed by atoms with E-state index in [1.807, 2.05) is 30.3 Å². The Kier molecular flexibility index (Phi) is 5.05. The Balaban J connectivity index is 1.70. The molecule has 1 heterocycles. The number of hydrogen-bond donors (Lipinski definition) is 1. The van der Waals surface area contributed by atoms with E-state index >= 15 is 0 Å². The number of furan rings is 1. The molecule has 0 fully saturated rings. The van der Waals surface area contributed by atoms with Crippen LogP contribution in [-0.4, -0.2) is 0 Å². The van der Waals surface area contributed by atoms with E-state index in [1.54, 1.807) is 11.8 Å². The fourth-order valence-electron chi connectivity index (χ4n) is 2.78. The van der Waals surface area contributed by atoms with Crippen molar-refractivity contribution in [3.63, 3.8) is 0 Å². The van der Waals surface area contributed by atoms with Crippen molar-refractivity contribution in [3.8, 4) is 0 Å². The van der Waals surface area contributed by atoms with Crippen molar-refractivity contribution >= 4 is 33.3 Å². The normalized spacial score (nSPS) is 11.9. The van der Waals surface area contributed by atoms with Crippen molar-refractivity contribution in [2.45, 2.75) is 27.2 Å². The zero-order valence-electron chi connectivity index (χ0n) is 14.9. The van der Waals surface area contributed by atoms with Crippen molar-refractivity contribution in [1.29, 1.82) is 0 Å². The van der Waals surface area contributed by atoms with Gasteiger partial charge < -0.3 is 10.2 Å². The van der Waals surface area contributed by atoms with Crippen LogP contribution in [0.1, 0.15) is 29.4 Å². The number of aryl methyl sites for hydroxylation is 2. The Morgan fingerprint density at radius 1 is 1.16 bits per heavy atom. The third-order valence-electron chi connectivity index (χ3n) is 4.30. The van der Waals surface area contributed by atoms with E-state index in [2.05, 4.69) is 44.9 Å². The van der Waals surface area contributed by atoms with Crippen molar-refractivity contribution in [2.24, 2.45) is 0 Å². The molecule has 0 bridgehead atoms. The molecular weight excluding hydrogens is 326 g/mol. The van der Waals surface area contributed by atoms with Gasteiger partial charge in [-0.05, 0) is 67.5 Å². The van der Waals surface area contributed by atoms with Gasteiger partial charge in [0.2, 0.25) is 0 Å². The number of para-hydroxylation sites is 1. The number of allylic oxidation sites excluding steroid dienone is 1. The second kappa shape index (κ2) is 7.24. The Labute approximate surface area is 153 Å². The minimum Gasteiger partial charge on any atom is -0.456 e. The summed E-state index contributed by atoms with van der Waals surface area (Å²) in [7, 11) is 0. The van der Waals surface area contributed by atoms with Gasteiger partial charge >= 0.3 is 0 Å². The fraction of sp³-hybridized carbons (Fsp3) is 0.182. The summed E-state index contributed by atoms with van der Waals surface area (Å²) in [5.41, 5.74) is 12.7. The lowest BCUT2D eigenvalue weighted by atomic mass is 9.99. The fourth-order valence-corrected chi connectivity index (χ4v) is 3.42. The zero-order chi connectivity index (χ0) is 18.0. The van der Waals surface area contributed by atoms with E-state index < -0.39 is 0 Å². The molecule has 1 aromatic heterocycles. The van der Waals surface area contributed by atoms with Crippen molar-refractivity contribution < 1.29 is 4.42 Å². The van der Waals surface area contributed by atoms with Crippen LogP contribution in [0.25, 0.3) is 15.9 Å². The monoisotopic (exact) mass is 349 g/mol. The first-order chi connectivity index (χ1) is 11.9. The molecular formula is C22H23NOS. The van der Waals surface area contributed by atoms with Gasteiger partial charge in [0.1, 0.15) is 11.3 Å². The lowest BCUT2D eigenvalue weighted by Crippen LogP contribution is -1.96. The highest BCUT2D eigenvalue weighted by molar-refractivity contribution is 8.10. The molecule has 3 heteroatoms. The highest BCUT2D eigenvalue weighted by Gasteiger charge is 2.07. The van der Waals surface area contributed by atoms with E-state index in [0.29, 0.717) is 0 Å². The number of thioether (sulfide) groups is 1. The SMILES string of the molecule is C=C(S/C=C(\C)Cc1cc(C)c(N)cc1C)c1cc2ccccc2o1. The molecule has 0 aliphatic carbocycles. The summed E-state index contributed by atoms with van der Waals surface area (Å²) in [6.07, 6.45) is 0.910. The lowest BCUT2D eigenvalue weighted by molar-refractivity contribution is 0.603. The van der Waals surface area contributed by atoms with Gasteiger partial charge in [-0.25, -0.2) is 0 Å². The van der Waals surface area contributed by atoms with Crippen LogP contribution < -0.4 is 5.73 Å². The molecule has 25 heavy (non-hydrogen) atoms. The topological polar surface area (TPSA) is 39.2 Å². The summed E-state index contributed by atoms with van der Waals surface area (Å²) in [6, 6.07) is 14.3. The van der Waals surface area contributed by atoms with Crippen LogP contribution in [0, 0.1) is 13.8 Å². The summed E-state index contributed by atoms with van der Waals surface area (Å²) in [5.74, 6) is 0.828. The quantitative estimate of drug-likeness (QED) is 0.536. The van der Waals surface area contributed by atoms with Crippen LogP contribution >= 0.6 is 11.8 Å². The van der Waals surface area contributed by atoms with Gasteiger partial charge in [-0.15, -0.1) is 0 Å². The van der Waals surface area contributed by atoms with Crippen molar-refractivity contribution in [2.75, 3.05) is 5.73 Å². The molecule has 0 unspecified atom stereocenters. The number of anilines is 1. The second-order valence-electron chi connectivity index (χ2n) is 6.47. The van der Waals surface area contributed by atoms with E-state index in [0.717, 1.165) is 39.3 Å². The molecule has 0 saturated heterocycles. The van der Waals surface area contributed by atoms with Crippen LogP contribution in [0.4, 0.5) is 5.69 Å². The van der Waals surface area contributed by atoms with E-state index in [9.17, 15) is 0 Å². The maximum absolute atomic E-state index is 5.97. The van der Waals surface area contributed by atoms with Gasteiger partial charge in [0, 0.05) is 16.0 Å². The first kappa shape index (κ1) is 17.4. The molecule has 0 aliphatic rings. The highest BCUT2D eigenvalue weighted by atomic mass is 32.2. The molecule has 0 amide bonds. The van der Waals surface area contributed by atoms with E-state index in [1.165, 1.54) is 16.7 Å². The smallest absolute Gasteiger partial charge is 0.141 e.